The summed E-state index contributed by atoms with van der Waals surface area (Å²) in [5, 5.41) is 10.4. The summed E-state index contributed by atoms with van der Waals surface area (Å²) in [4.78, 5) is 5.12. The first-order chi connectivity index (χ1) is 12.9. The normalized spacial score (nSPS) is 11.9. The fourth-order valence-electron chi connectivity index (χ4n) is 2.52. The molecule has 0 aromatic carbocycles. The van der Waals surface area contributed by atoms with Crippen LogP contribution in [-0.2, 0) is 29.4 Å². The second kappa shape index (κ2) is 11.7. The smallest absolute Gasteiger partial charge is 0.250 e. The van der Waals surface area contributed by atoms with Crippen molar-refractivity contribution in [3.05, 3.63) is 34.0 Å². The Balaban J connectivity index is 0.00000392. The monoisotopic (exact) mass is 541 g/mol. The number of hydrogen-bond acceptors (Lipinski definition) is 6. The summed E-state index contributed by atoms with van der Waals surface area (Å²) in [7, 11) is -1.79. The van der Waals surface area contributed by atoms with Crippen molar-refractivity contribution in [2.75, 3.05) is 20.1 Å². The highest BCUT2D eigenvalue weighted by molar-refractivity contribution is 14.0. The molecule has 2 rings (SSSR count). The van der Waals surface area contributed by atoms with Crippen LogP contribution in [-0.4, -0.2) is 39.7 Å². The topological polar surface area (TPSA) is 109 Å². The highest BCUT2D eigenvalue weighted by Gasteiger charge is 2.16. The molecule has 3 N–H and O–H groups in total. The van der Waals surface area contributed by atoms with Crippen LogP contribution >= 0.6 is 35.3 Å². The minimum atomic E-state index is -3.46. The first kappa shape index (κ1) is 24.9. The van der Waals surface area contributed by atoms with Gasteiger partial charge in [-0.15, -0.1) is 35.3 Å². The third kappa shape index (κ3) is 6.71. The molecule has 0 amide bonds. The number of thiophene rings is 1. The minimum absolute atomic E-state index is 0. The molecule has 2 aromatic rings. The SMILES string of the molecule is CCc1noc(CC)c1CNC(=NC)NCCNS(=O)(=O)c1ccc(C)s1.I. The van der Waals surface area contributed by atoms with Crippen molar-refractivity contribution >= 4 is 51.3 Å². The first-order valence-electron chi connectivity index (χ1n) is 8.88. The fraction of sp³-hybridized carbons (Fsp3) is 0.529. The van der Waals surface area contributed by atoms with Crippen molar-refractivity contribution in [3.8, 4) is 0 Å². The summed E-state index contributed by atoms with van der Waals surface area (Å²) < 4.78 is 32.7. The number of rotatable bonds is 9. The second-order valence-corrected chi connectivity index (χ2v) is 9.14. The Kier molecular flexibility index (Phi) is 10.4. The number of nitrogens with zero attached hydrogens (tertiary/aromatic N) is 2. The van der Waals surface area contributed by atoms with Crippen molar-refractivity contribution in [1.29, 1.82) is 0 Å². The van der Waals surface area contributed by atoms with Crippen LogP contribution in [0.4, 0.5) is 0 Å². The Morgan fingerprint density at radius 2 is 1.96 bits per heavy atom. The highest BCUT2D eigenvalue weighted by atomic mass is 127. The summed E-state index contributed by atoms with van der Waals surface area (Å²) >= 11 is 1.26. The van der Waals surface area contributed by atoms with Gasteiger partial charge in [-0.1, -0.05) is 19.0 Å². The zero-order chi connectivity index (χ0) is 19.9. The quantitative estimate of drug-likeness (QED) is 0.195. The molecule has 11 heteroatoms. The van der Waals surface area contributed by atoms with E-state index in [1.807, 2.05) is 20.8 Å². The van der Waals surface area contributed by atoms with Gasteiger partial charge >= 0.3 is 0 Å². The first-order valence-corrected chi connectivity index (χ1v) is 11.2. The van der Waals surface area contributed by atoms with Crippen LogP contribution in [0.15, 0.2) is 25.9 Å². The Morgan fingerprint density at radius 1 is 1.21 bits per heavy atom. The number of aliphatic imine (C=N–C) groups is 1. The summed E-state index contributed by atoms with van der Waals surface area (Å²) in [6, 6.07) is 3.41. The Hall–Kier alpha value is -1.18. The zero-order valence-corrected chi connectivity index (χ0v) is 20.5. The molecule has 0 radical (unpaired) electrons. The lowest BCUT2D eigenvalue weighted by atomic mass is 10.1. The third-order valence-corrected chi connectivity index (χ3v) is 6.91. The third-order valence-electron chi connectivity index (χ3n) is 3.95. The molecule has 0 unspecified atom stereocenters. The van der Waals surface area contributed by atoms with Crippen LogP contribution < -0.4 is 15.4 Å². The molecule has 0 bridgehead atoms. The van der Waals surface area contributed by atoms with E-state index >= 15 is 0 Å². The molecule has 0 fully saturated rings. The van der Waals surface area contributed by atoms with Gasteiger partial charge in [-0.2, -0.15) is 0 Å². The van der Waals surface area contributed by atoms with Crippen molar-refractivity contribution in [1.82, 2.24) is 20.5 Å². The standard InChI is InChI=1S/C17H27N5O3S2.HI/c1-5-14-13(15(6-2)25-22-14)11-20-17(18-4)19-9-10-21-27(23,24)16-8-7-12(3)26-16;/h7-8,21H,5-6,9-11H2,1-4H3,(H2,18,19,20);1H. The highest BCUT2D eigenvalue weighted by Crippen LogP contribution is 2.20. The number of nitrogens with one attached hydrogen (secondary N) is 3. The molecule has 0 aliphatic carbocycles. The number of hydrogen-bond donors (Lipinski definition) is 3. The number of guanidine groups is 1. The number of sulfonamides is 1. The molecule has 0 aliphatic rings. The van der Waals surface area contributed by atoms with Crippen LogP contribution in [0.2, 0.25) is 0 Å². The number of aromatic nitrogens is 1. The summed E-state index contributed by atoms with van der Waals surface area (Å²) in [6.07, 6.45) is 1.58. The van der Waals surface area contributed by atoms with E-state index in [0.29, 0.717) is 23.3 Å². The van der Waals surface area contributed by atoms with E-state index in [2.05, 4.69) is 25.5 Å². The maximum absolute atomic E-state index is 12.2. The average Bonchev–Trinajstić information content (AvgIpc) is 3.27. The summed E-state index contributed by atoms with van der Waals surface area (Å²) in [5.41, 5.74) is 1.99. The lowest BCUT2D eigenvalue weighted by molar-refractivity contribution is 0.380. The minimum Gasteiger partial charge on any atom is -0.361 e. The van der Waals surface area contributed by atoms with Gasteiger partial charge in [-0.3, -0.25) is 4.99 Å². The van der Waals surface area contributed by atoms with Gasteiger partial charge in [0.15, 0.2) is 5.96 Å². The van der Waals surface area contributed by atoms with Gasteiger partial charge in [0.05, 0.1) is 5.69 Å². The molecule has 2 heterocycles. The molecule has 0 saturated carbocycles. The van der Waals surface area contributed by atoms with E-state index in [1.54, 1.807) is 19.2 Å². The molecule has 0 spiro atoms. The predicted molar refractivity (Wildman–Crippen MR) is 123 cm³/mol. The number of aryl methyl sites for hydroxylation is 3. The van der Waals surface area contributed by atoms with Gasteiger partial charge in [-0.05, 0) is 25.5 Å². The van der Waals surface area contributed by atoms with Gasteiger partial charge in [0.2, 0.25) is 10.0 Å². The van der Waals surface area contributed by atoms with Crippen LogP contribution in [0.5, 0.6) is 0 Å². The van der Waals surface area contributed by atoms with Crippen LogP contribution in [0, 0.1) is 6.92 Å². The molecule has 0 atom stereocenters. The molecular formula is C17H28IN5O3S2. The zero-order valence-electron chi connectivity index (χ0n) is 16.5. The van der Waals surface area contributed by atoms with Crippen molar-refractivity contribution < 1.29 is 12.9 Å². The van der Waals surface area contributed by atoms with E-state index in [9.17, 15) is 8.42 Å². The van der Waals surface area contributed by atoms with Crippen molar-refractivity contribution in [3.63, 3.8) is 0 Å². The van der Waals surface area contributed by atoms with Gasteiger partial charge in [0.25, 0.3) is 0 Å². The molecule has 0 aliphatic heterocycles. The van der Waals surface area contributed by atoms with E-state index in [-0.39, 0.29) is 30.5 Å². The Labute approximate surface area is 187 Å². The lowest BCUT2D eigenvalue weighted by Crippen LogP contribution is -2.41. The summed E-state index contributed by atoms with van der Waals surface area (Å²) in [6.45, 7) is 7.16. The largest absolute Gasteiger partial charge is 0.361 e. The number of halogens is 1. The van der Waals surface area contributed by atoms with E-state index in [1.165, 1.54) is 11.3 Å². The molecule has 158 valence electrons. The van der Waals surface area contributed by atoms with Crippen molar-refractivity contribution in [2.45, 2.75) is 44.4 Å². The van der Waals surface area contributed by atoms with Gasteiger partial charge in [-0.25, -0.2) is 13.1 Å². The predicted octanol–water partition coefficient (Wildman–Crippen LogP) is 2.43. The van der Waals surface area contributed by atoms with Crippen LogP contribution in [0.1, 0.15) is 35.7 Å². The molecule has 2 aromatic heterocycles. The average molecular weight is 541 g/mol. The maximum Gasteiger partial charge on any atom is 0.250 e. The van der Waals surface area contributed by atoms with Gasteiger partial charge in [0, 0.05) is 43.5 Å². The Bertz CT molecular complexity index is 856. The van der Waals surface area contributed by atoms with Crippen LogP contribution in [0.25, 0.3) is 0 Å². The van der Waals surface area contributed by atoms with E-state index in [4.69, 9.17) is 4.52 Å². The second-order valence-electron chi connectivity index (χ2n) is 5.85. The van der Waals surface area contributed by atoms with E-state index < -0.39 is 10.0 Å². The maximum atomic E-state index is 12.2. The fourth-order valence-corrected chi connectivity index (χ4v) is 4.88. The molecular weight excluding hydrogens is 513 g/mol. The molecule has 0 saturated heterocycles. The summed E-state index contributed by atoms with van der Waals surface area (Å²) in [5.74, 6) is 1.46. The van der Waals surface area contributed by atoms with Gasteiger partial charge < -0.3 is 15.2 Å². The molecule has 28 heavy (non-hydrogen) atoms. The van der Waals surface area contributed by atoms with Crippen molar-refractivity contribution in [2.24, 2.45) is 4.99 Å². The molecule has 8 nitrogen and oxygen atoms in total. The Morgan fingerprint density at radius 3 is 2.54 bits per heavy atom. The van der Waals surface area contributed by atoms with Crippen LogP contribution in [0.3, 0.4) is 0 Å². The lowest BCUT2D eigenvalue weighted by Gasteiger charge is -2.12. The van der Waals surface area contributed by atoms with E-state index in [0.717, 1.165) is 34.7 Å². The van der Waals surface area contributed by atoms with Gasteiger partial charge in [0.1, 0.15) is 9.97 Å².